The Bertz CT molecular complexity index is 691. The Labute approximate surface area is 153 Å². The van der Waals surface area contributed by atoms with Crippen LogP contribution in [0.2, 0.25) is 0 Å². The highest BCUT2D eigenvalue weighted by atomic mass is 32.2. The summed E-state index contributed by atoms with van der Waals surface area (Å²) in [5, 5.41) is 3.92. The molecule has 1 aliphatic heterocycles. The molecule has 2 aromatic rings. The minimum absolute atomic E-state index is 0.0570. The highest BCUT2D eigenvalue weighted by molar-refractivity contribution is 7.99. The van der Waals surface area contributed by atoms with Crippen LogP contribution < -0.4 is 5.32 Å². The summed E-state index contributed by atoms with van der Waals surface area (Å²) in [5.41, 5.74) is 2.38. The molecule has 0 unspecified atom stereocenters. The molecule has 1 aromatic carbocycles. The van der Waals surface area contributed by atoms with Crippen molar-refractivity contribution in [2.24, 2.45) is 0 Å². The zero-order valence-corrected chi connectivity index (χ0v) is 15.6. The first-order valence-corrected chi connectivity index (χ1v) is 9.75. The van der Waals surface area contributed by atoms with E-state index in [0.29, 0.717) is 11.7 Å². The van der Waals surface area contributed by atoms with Crippen LogP contribution in [0.5, 0.6) is 0 Å². The standard InChI is InChI=1S/C19H25N3O2S/c1-14(2)15-3-5-17(6-4-15)22-10-9-20-19(22)25-13-18(23)21-16-7-11-24-12-8-16/h3-6,9-10,14,16H,7-8,11-13H2,1-2H3,(H,21,23). The number of thioether (sulfide) groups is 1. The zero-order valence-electron chi connectivity index (χ0n) is 14.8. The van der Waals surface area contributed by atoms with Gasteiger partial charge in [-0.15, -0.1) is 0 Å². The van der Waals surface area contributed by atoms with E-state index < -0.39 is 0 Å². The van der Waals surface area contributed by atoms with Gasteiger partial charge in [0.15, 0.2) is 5.16 Å². The van der Waals surface area contributed by atoms with Crippen LogP contribution in [0.25, 0.3) is 5.69 Å². The van der Waals surface area contributed by atoms with E-state index in [1.54, 1.807) is 6.20 Å². The summed E-state index contributed by atoms with van der Waals surface area (Å²) in [7, 11) is 0. The van der Waals surface area contributed by atoms with Gasteiger partial charge in [-0.1, -0.05) is 37.7 Å². The number of ether oxygens (including phenoxy) is 1. The van der Waals surface area contributed by atoms with Gasteiger partial charge in [0, 0.05) is 37.3 Å². The van der Waals surface area contributed by atoms with E-state index in [1.165, 1.54) is 17.3 Å². The third-order valence-electron chi connectivity index (χ3n) is 4.36. The van der Waals surface area contributed by atoms with E-state index in [2.05, 4.69) is 48.4 Å². The largest absolute Gasteiger partial charge is 0.381 e. The van der Waals surface area contributed by atoms with Gasteiger partial charge in [-0.2, -0.15) is 0 Å². The highest BCUT2D eigenvalue weighted by Crippen LogP contribution is 2.22. The van der Waals surface area contributed by atoms with E-state index in [4.69, 9.17) is 4.74 Å². The quantitative estimate of drug-likeness (QED) is 0.804. The number of rotatable bonds is 6. The maximum absolute atomic E-state index is 12.2. The van der Waals surface area contributed by atoms with Gasteiger partial charge in [0.2, 0.25) is 5.91 Å². The van der Waals surface area contributed by atoms with Gasteiger partial charge < -0.3 is 10.1 Å². The third-order valence-corrected chi connectivity index (χ3v) is 5.33. The average molecular weight is 359 g/mol. The number of carbonyl (C=O) groups is 1. The maximum Gasteiger partial charge on any atom is 0.230 e. The lowest BCUT2D eigenvalue weighted by Crippen LogP contribution is -2.39. The number of hydrogen-bond donors (Lipinski definition) is 1. The molecule has 1 aliphatic rings. The number of benzene rings is 1. The molecule has 134 valence electrons. The van der Waals surface area contributed by atoms with Gasteiger partial charge in [-0.05, 0) is 36.5 Å². The first-order chi connectivity index (χ1) is 12.1. The van der Waals surface area contributed by atoms with E-state index in [1.807, 2.05) is 10.8 Å². The molecule has 1 amide bonds. The SMILES string of the molecule is CC(C)c1ccc(-n2ccnc2SCC(=O)NC2CCOCC2)cc1. The lowest BCUT2D eigenvalue weighted by Gasteiger charge is -2.22. The van der Waals surface area contributed by atoms with Crippen molar-refractivity contribution in [3.63, 3.8) is 0 Å². The fraction of sp³-hybridized carbons (Fsp3) is 0.474. The summed E-state index contributed by atoms with van der Waals surface area (Å²) in [4.78, 5) is 16.6. The molecule has 0 saturated carbocycles. The van der Waals surface area contributed by atoms with Crippen molar-refractivity contribution in [3.8, 4) is 5.69 Å². The highest BCUT2D eigenvalue weighted by Gasteiger charge is 2.17. The number of hydrogen-bond acceptors (Lipinski definition) is 4. The second kappa shape index (κ2) is 8.54. The molecule has 2 heterocycles. The number of imidazole rings is 1. The van der Waals surface area contributed by atoms with Crippen LogP contribution in [-0.2, 0) is 9.53 Å². The first kappa shape index (κ1) is 18.0. The van der Waals surface area contributed by atoms with Crippen LogP contribution in [0.15, 0.2) is 41.8 Å². The molecule has 5 nitrogen and oxygen atoms in total. The van der Waals surface area contributed by atoms with E-state index in [9.17, 15) is 4.79 Å². The number of amides is 1. The van der Waals surface area contributed by atoms with Crippen LogP contribution in [0, 0.1) is 0 Å². The maximum atomic E-state index is 12.2. The second-order valence-electron chi connectivity index (χ2n) is 6.57. The molecule has 0 aliphatic carbocycles. The van der Waals surface area contributed by atoms with Crippen molar-refractivity contribution in [1.29, 1.82) is 0 Å². The molecule has 0 bridgehead atoms. The summed E-state index contributed by atoms with van der Waals surface area (Å²) < 4.78 is 7.34. The lowest BCUT2D eigenvalue weighted by atomic mass is 10.0. The molecule has 0 atom stereocenters. The molecular formula is C19H25N3O2S. The van der Waals surface area contributed by atoms with Gasteiger partial charge >= 0.3 is 0 Å². The Kier molecular flexibility index (Phi) is 6.15. The molecule has 3 rings (SSSR count). The first-order valence-electron chi connectivity index (χ1n) is 8.77. The summed E-state index contributed by atoms with van der Waals surface area (Å²) in [6.45, 7) is 5.83. The van der Waals surface area contributed by atoms with Gasteiger partial charge in [0.25, 0.3) is 0 Å². The van der Waals surface area contributed by atoms with Crippen molar-refractivity contribution < 1.29 is 9.53 Å². The van der Waals surface area contributed by atoms with Gasteiger partial charge in [0.1, 0.15) is 0 Å². The minimum atomic E-state index is 0.0570. The molecule has 1 fully saturated rings. The fourth-order valence-electron chi connectivity index (χ4n) is 2.85. The Morgan fingerprint density at radius 1 is 1.32 bits per heavy atom. The molecule has 6 heteroatoms. The lowest BCUT2D eigenvalue weighted by molar-refractivity contribution is -0.119. The summed E-state index contributed by atoms with van der Waals surface area (Å²) >= 11 is 1.46. The smallest absolute Gasteiger partial charge is 0.230 e. The van der Waals surface area contributed by atoms with Crippen molar-refractivity contribution in [2.45, 2.75) is 43.8 Å². The Balaban J connectivity index is 1.58. The number of aromatic nitrogens is 2. The molecule has 0 spiro atoms. The van der Waals surface area contributed by atoms with Crippen molar-refractivity contribution in [3.05, 3.63) is 42.2 Å². The predicted octanol–water partition coefficient (Wildman–Crippen LogP) is 3.38. The summed E-state index contributed by atoms with van der Waals surface area (Å²) in [5.74, 6) is 0.944. The van der Waals surface area contributed by atoms with E-state index in [-0.39, 0.29) is 11.9 Å². The normalized spacial score (nSPS) is 15.5. The van der Waals surface area contributed by atoms with Crippen LogP contribution in [0.4, 0.5) is 0 Å². The van der Waals surface area contributed by atoms with Gasteiger partial charge in [-0.3, -0.25) is 9.36 Å². The number of nitrogens with one attached hydrogen (secondary N) is 1. The van der Waals surface area contributed by atoms with Crippen molar-refractivity contribution in [2.75, 3.05) is 19.0 Å². The molecule has 25 heavy (non-hydrogen) atoms. The third kappa shape index (κ3) is 4.86. The summed E-state index contributed by atoms with van der Waals surface area (Å²) in [6, 6.07) is 8.73. The zero-order chi connectivity index (χ0) is 17.6. The summed E-state index contributed by atoms with van der Waals surface area (Å²) in [6.07, 6.45) is 5.50. The second-order valence-corrected chi connectivity index (χ2v) is 7.51. The molecule has 0 radical (unpaired) electrons. The van der Waals surface area contributed by atoms with E-state index >= 15 is 0 Å². The van der Waals surface area contributed by atoms with Crippen molar-refractivity contribution in [1.82, 2.24) is 14.9 Å². The fourth-order valence-corrected chi connectivity index (χ4v) is 3.64. The van der Waals surface area contributed by atoms with Crippen LogP contribution in [-0.4, -0.2) is 40.5 Å². The van der Waals surface area contributed by atoms with E-state index in [0.717, 1.165) is 36.9 Å². The predicted molar refractivity (Wildman–Crippen MR) is 100 cm³/mol. The Morgan fingerprint density at radius 2 is 2.04 bits per heavy atom. The average Bonchev–Trinajstić information content (AvgIpc) is 3.09. The molecule has 1 saturated heterocycles. The molecular weight excluding hydrogens is 334 g/mol. The molecule has 1 N–H and O–H groups in total. The van der Waals surface area contributed by atoms with Crippen LogP contribution in [0.1, 0.15) is 38.2 Å². The van der Waals surface area contributed by atoms with Gasteiger partial charge in [-0.25, -0.2) is 4.98 Å². The molecule has 1 aromatic heterocycles. The van der Waals surface area contributed by atoms with Crippen molar-refractivity contribution >= 4 is 17.7 Å². The van der Waals surface area contributed by atoms with Crippen LogP contribution in [0.3, 0.4) is 0 Å². The number of nitrogens with zero attached hydrogens (tertiary/aromatic N) is 2. The Hall–Kier alpha value is -1.79. The van der Waals surface area contributed by atoms with Gasteiger partial charge in [0.05, 0.1) is 5.75 Å². The Morgan fingerprint density at radius 3 is 2.72 bits per heavy atom. The minimum Gasteiger partial charge on any atom is -0.381 e. The number of carbonyl (C=O) groups excluding carboxylic acids is 1. The monoisotopic (exact) mass is 359 g/mol. The van der Waals surface area contributed by atoms with Crippen LogP contribution >= 0.6 is 11.8 Å². The topological polar surface area (TPSA) is 56.2 Å².